The standard InChI is InChI=1S/C17H21N3O/c18-10-13-5-3-6-14(13)11-19-17(21)16-9-8-12-4-1-2-7-15(12)20-16/h1-2,4,7-9,13-14H,3,5-6,10-11,18H2,(H,19,21). The van der Waals surface area contributed by atoms with Gasteiger partial charge in [0, 0.05) is 11.9 Å². The van der Waals surface area contributed by atoms with Gasteiger partial charge < -0.3 is 11.1 Å². The van der Waals surface area contributed by atoms with E-state index in [1.54, 1.807) is 6.07 Å². The van der Waals surface area contributed by atoms with E-state index in [9.17, 15) is 4.79 Å². The number of aromatic nitrogens is 1. The predicted octanol–water partition coefficient (Wildman–Crippen LogP) is 2.34. The molecule has 3 rings (SSSR count). The number of nitrogens with one attached hydrogen (secondary N) is 1. The molecule has 1 amide bonds. The number of rotatable bonds is 4. The molecule has 4 heteroatoms. The van der Waals surface area contributed by atoms with E-state index < -0.39 is 0 Å². The highest BCUT2D eigenvalue weighted by molar-refractivity contribution is 5.94. The molecule has 2 unspecified atom stereocenters. The summed E-state index contributed by atoms with van der Waals surface area (Å²) in [6.07, 6.45) is 3.56. The van der Waals surface area contributed by atoms with Gasteiger partial charge in [0.05, 0.1) is 5.52 Å². The van der Waals surface area contributed by atoms with Crippen LogP contribution < -0.4 is 11.1 Å². The first-order chi connectivity index (χ1) is 10.3. The van der Waals surface area contributed by atoms with Crippen molar-refractivity contribution in [2.24, 2.45) is 17.6 Å². The molecule has 0 spiro atoms. The smallest absolute Gasteiger partial charge is 0.269 e. The number of hydrogen-bond donors (Lipinski definition) is 2. The monoisotopic (exact) mass is 283 g/mol. The second kappa shape index (κ2) is 6.22. The van der Waals surface area contributed by atoms with E-state index in [1.165, 1.54) is 12.8 Å². The molecule has 0 radical (unpaired) electrons. The number of fused-ring (bicyclic) bond motifs is 1. The Morgan fingerprint density at radius 1 is 1.19 bits per heavy atom. The highest BCUT2D eigenvalue weighted by atomic mass is 16.1. The van der Waals surface area contributed by atoms with E-state index in [0.717, 1.165) is 23.9 Å². The third-order valence-electron chi connectivity index (χ3n) is 4.48. The van der Waals surface area contributed by atoms with Gasteiger partial charge in [-0.25, -0.2) is 4.98 Å². The minimum Gasteiger partial charge on any atom is -0.350 e. The van der Waals surface area contributed by atoms with E-state index in [0.29, 0.717) is 24.1 Å². The molecule has 1 aliphatic rings. The van der Waals surface area contributed by atoms with Crippen molar-refractivity contribution in [3.05, 3.63) is 42.1 Å². The fourth-order valence-electron chi connectivity index (χ4n) is 3.20. The quantitative estimate of drug-likeness (QED) is 0.905. The molecule has 1 fully saturated rings. The summed E-state index contributed by atoms with van der Waals surface area (Å²) in [6, 6.07) is 11.5. The lowest BCUT2D eigenvalue weighted by atomic mass is 9.96. The van der Waals surface area contributed by atoms with Crippen LogP contribution in [-0.2, 0) is 0 Å². The number of pyridine rings is 1. The fourth-order valence-corrected chi connectivity index (χ4v) is 3.20. The number of benzene rings is 1. The van der Waals surface area contributed by atoms with Crippen LogP contribution in [0.2, 0.25) is 0 Å². The number of para-hydroxylation sites is 1. The first-order valence-electron chi connectivity index (χ1n) is 7.62. The van der Waals surface area contributed by atoms with Crippen LogP contribution in [0.5, 0.6) is 0 Å². The molecule has 0 saturated heterocycles. The molecule has 1 aliphatic carbocycles. The Balaban J connectivity index is 1.66. The summed E-state index contributed by atoms with van der Waals surface area (Å²) < 4.78 is 0. The fraction of sp³-hybridized carbons (Fsp3) is 0.412. The molecule has 2 aromatic rings. The maximum atomic E-state index is 12.2. The van der Waals surface area contributed by atoms with Crippen LogP contribution in [0.25, 0.3) is 10.9 Å². The first kappa shape index (κ1) is 14.0. The summed E-state index contributed by atoms with van der Waals surface area (Å²) in [5, 5.41) is 4.06. The Kier molecular flexibility index (Phi) is 4.15. The largest absolute Gasteiger partial charge is 0.350 e. The average molecular weight is 283 g/mol. The summed E-state index contributed by atoms with van der Waals surface area (Å²) in [4.78, 5) is 16.7. The molecule has 21 heavy (non-hydrogen) atoms. The highest BCUT2D eigenvalue weighted by Crippen LogP contribution is 2.30. The van der Waals surface area contributed by atoms with Crippen LogP contribution in [0.15, 0.2) is 36.4 Å². The Hall–Kier alpha value is -1.94. The number of hydrogen-bond acceptors (Lipinski definition) is 3. The highest BCUT2D eigenvalue weighted by Gasteiger charge is 2.26. The van der Waals surface area contributed by atoms with Gasteiger partial charge in [-0.05, 0) is 43.4 Å². The summed E-state index contributed by atoms with van der Waals surface area (Å²) in [6.45, 7) is 1.42. The van der Waals surface area contributed by atoms with Gasteiger partial charge in [0.25, 0.3) is 5.91 Å². The normalized spacial score (nSPS) is 21.6. The summed E-state index contributed by atoms with van der Waals surface area (Å²) in [7, 11) is 0. The van der Waals surface area contributed by atoms with Crippen LogP contribution in [0.1, 0.15) is 29.8 Å². The van der Waals surface area contributed by atoms with E-state index in [1.807, 2.05) is 30.3 Å². The SMILES string of the molecule is NCC1CCCC1CNC(=O)c1ccc2ccccc2n1. The van der Waals surface area contributed by atoms with Gasteiger partial charge in [0.15, 0.2) is 0 Å². The molecular weight excluding hydrogens is 262 g/mol. The summed E-state index contributed by atoms with van der Waals surface area (Å²) in [5.74, 6) is 0.970. The van der Waals surface area contributed by atoms with Crippen molar-refractivity contribution >= 4 is 16.8 Å². The van der Waals surface area contributed by atoms with Gasteiger partial charge in [-0.3, -0.25) is 4.79 Å². The second-order valence-electron chi connectivity index (χ2n) is 5.79. The van der Waals surface area contributed by atoms with Crippen LogP contribution in [0.3, 0.4) is 0 Å². The van der Waals surface area contributed by atoms with Gasteiger partial charge >= 0.3 is 0 Å². The number of nitrogens with two attached hydrogens (primary N) is 1. The Morgan fingerprint density at radius 2 is 2.00 bits per heavy atom. The molecule has 0 bridgehead atoms. The second-order valence-corrected chi connectivity index (χ2v) is 5.79. The third-order valence-corrected chi connectivity index (χ3v) is 4.48. The average Bonchev–Trinajstić information content (AvgIpc) is 2.99. The molecule has 1 heterocycles. The molecular formula is C17H21N3O. The van der Waals surface area contributed by atoms with Crippen molar-refractivity contribution in [3.8, 4) is 0 Å². The first-order valence-corrected chi connectivity index (χ1v) is 7.62. The third kappa shape index (κ3) is 3.05. The Morgan fingerprint density at radius 3 is 2.86 bits per heavy atom. The van der Waals surface area contributed by atoms with Crippen molar-refractivity contribution in [3.63, 3.8) is 0 Å². The van der Waals surface area contributed by atoms with Gasteiger partial charge in [0.2, 0.25) is 0 Å². The molecule has 3 N–H and O–H groups in total. The minimum absolute atomic E-state index is 0.0941. The summed E-state index contributed by atoms with van der Waals surface area (Å²) >= 11 is 0. The number of carbonyl (C=O) groups is 1. The Labute approximate surface area is 124 Å². The molecule has 1 saturated carbocycles. The molecule has 2 atom stereocenters. The van der Waals surface area contributed by atoms with E-state index in [4.69, 9.17) is 5.73 Å². The number of carbonyl (C=O) groups excluding carboxylic acids is 1. The van der Waals surface area contributed by atoms with E-state index in [2.05, 4.69) is 10.3 Å². The lowest BCUT2D eigenvalue weighted by Gasteiger charge is -2.18. The zero-order chi connectivity index (χ0) is 14.7. The minimum atomic E-state index is -0.0941. The van der Waals surface area contributed by atoms with Gasteiger partial charge in [0.1, 0.15) is 5.69 Å². The lowest BCUT2D eigenvalue weighted by molar-refractivity contribution is 0.0939. The maximum Gasteiger partial charge on any atom is 0.269 e. The van der Waals surface area contributed by atoms with Crippen molar-refractivity contribution in [1.29, 1.82) is 0 Å². The topological polar surface area (TPSA) is 68.0 Å². The van der Waals surface area contributed by atoms with Gasteiger partial charge in [-0.2, -0.15) is 0 Å². The van der Waals surface area contributed by atoms with Gasteiger partial charge in [-0.1, -0.05) is 30.7 Å². The van der Waals surface area contributed by atoms with E-state index in [-0.39, 0.29) is 5.91 Å². The molecule has 110 valence electrons. The van der Waals surface area contributed by atoms with Crippen molar-refractivity contribution in [2.45, 2.75) is 19.3 Å². The predicted molar refractivity (Wildman–Crippen MR) is 84.0 cm³/mol. The molecule has 1 aromatic heterocycles. The van der Waals surface area contributed by atoms with Crippen LogP contribution in [0.4, 0.5) is 0 Å². The van der Waals surface area contributed by atoms with Crippen LogP contribution in [-0.4, -0.2) is 24.0 Å². The summed E-state index contributed by atoms with van der Waals surface area (Å²) in [5.41, 5.74) is 7.11. The van der Waals surface area contributed by atoms with Crippen LogP contribution >= 0.6 is 0 Å². The van der Waals surface area contributed by atoms with Crippen molar-refractivity contribution in [2.75, 3.05) is 13.1 Å². The van der Waals surface area contributed by atoms with Gasteiger partial charge in [-0.15, -0.1) is 0 Å². The van der Waals surface area contributed by atoms with Crippen molar-refractivity contribution < 1.29 is 4.79 Å². The lowest BCUT2D eigenvalue weighted by Crippen LogP contribution is -2.33. The molecule has 1 aromatic carbocycles. The molecule has 0 aliphatic heterocycles. The number of amides is 1. The number of nitrogens with zero attached hydrogens (tertiary/aromatic N) is 1. The van der Waals surface area contributed by atoms with Crippen LogP contribution in [0, 0.1) is 11.8 Å². The maximum absolute atomic E-state index is 12.2. The zero-order valence-electron chi connectivity index (χ0n) is 12.1. The molecule has 4 nitrogen and oxygen atoms in total. The van der Waals surface area contributed by atoms with E-state index >= 15 is 0 Å². The van der Waals surface area contributed by atoms with Crippen molar-refractivity contribution in [1.82, 2.24) is 10.3 Å². The zero-order valence-corrected chi connectivity index (χ0v) is 12.1. The Bertz CT molecular complexity index is 641.